The summed E-state index contributed by atoms with van der Waals surface area (Å²) in [5, 5.41) is 8.31. The van der Waals surface area contributed by atoms with Crippen LogP contribution in [0.3, 0.4) is 0 Å². The van der Waals surface area contributed by atoms with Crippen LogP contribution in [0.5, 0.6) is 0 Å². The van der Waals surface area contributed by atoms with E-state index in [0.717, 1.165) is 0 Å². The van der Waals surface area contributed by atoms with Crippen LogP contribution >= 0.6 is 7.37 Å². The second-order valence-electron chi connectivity index (χ2n) is 2.47. The van der Waals surface area contributed by atoms with Gasteiger partial charge in [0.05, 0.1) is 13.0 Å². The normalized spacial score (nSPS) is 15.1. The van der Waals surface area contributed by atoms with Crippen molar-refractivity contribution in [1.82, 2.24) is 0 Å². The Morgan fingerprint density at radius 1 is 1.75 bits per heavy atom. The molecule has 5 heteroatoms. The molecule has 4 nitrogen and oxygen atoms in total. The molecule has 0 aromatic heterocycles. The van der Waals surface area contributed by atoms with Crippen LogP contribution in [-0.4, -0.2) is 30.5 Å². The van der Waals surface area contributed by atoms with Crippen molar-refractivity contribution in [2.75, 3.05) is 19.4 Å². The van der Waals surface area contributed by atoms with E-state index in [0.29, 0.717) is 0 Å². The van der Waals surface area contributed by atoms with E-state index in [2.05, 4.69) is 6.58 Å². The molecule has 1 N–H and O–H groups in total. The first-order valence-electron chi connectivity index (χ1n) is 3.52. The monoisotopic (exact) mass is 192 g/mol. The fourth-order valence-corrected chi connectivity index (χ4v) is 1.72. The largest absolute Gasteiger partial charge is 0.481 e. The quantitative estimate of drug-likeness (QED) is 0.512. The molecule has 0 aromatic rings. The SMILES string of the molecule is C=CCOP(C)(=O)CCC(=O)O. The Kier molecular flexibility index (Phi) is 4.86. The van der Waals surface area contributed by atoms with Crippen LogP contribution in [0.4, 0.5) is 0 Å². The number of carboxylic acids is 1. The van der Waals surface area contributed by atoms with Gasteiger partial charge in [-0.05, 0) is 0 Å². The highest BCUT2D eigenvalue weighted by Gasteiger charge is 2.16. The third-order valence-electron chi connectivity index (χ3n) is 1.20. The maximum atomic E-state index is 11.3. The van der Waals surface area contributed by atoms with Crippen LogP contribution in [0.1, 0.15) is 6.42 Å². The zero-order chi connectivity index (χ0) is 9.61. The summed E-state index contributed by atoms with van der Waals surface area (Å²) in [5.74, 6) is -0.959. The van der Waals surface area contributed by atoms with E-state index in [1.54, 1.807) is 0 Å². The summed E-state index contributed by atoms with van der Waals surface area (Å²) in [6.45, 7) is 5.03. The minimum Gasteiger partial charge on any atom is -0.481 e. The van der Waals surface area contributed by atoms with Crippen molar-refractivity contribution in [2.24, 2.45) is 0 Å². The highest BCUT2D eigenvalue weighted by Crippen LogP contribution is 2.42. The van der Waals surface area contributed by atoms with Crippen molar-refractivity contribution in [3.8, 4) is 0 Å². The number of carbonyl (C=O) groups is 1. The number of carboxylic acid groups (broad SMARTS) is 1. The van der Waals surface area contributed by atoms with Crippen LogP contribution in [0.25, 0.3) is 0 Å². The van der Waals surface area contributed by atoms with Gasteiger partial charge in [-0.25, -0.2) is 0 Å². The molecule has 0 aliphatic rings. The smallest absolute Gasteiger partial charge is 0.303 e. The van der Waals surface area contributed by atoms with Gasteiger partial charge in [-0.2, -0.15) is 0 Å². The van der Waals surface area contributed by atoms with Crippen LogP contribution in [0, 0.1) is 0 Å². The Bertz CT molecular complexity index is 211. The topological polar surface area (TPSA) is 63.6 Å². The third-order valence-corrected chi connectivity index (χ3v) is 2.93. The van der Waals surface area contributed by atoms with Gasteiger partial charge in [0.1, 0.15) is 0 Å². The molecule has 1 atom stereocenters. The summed E-state index contributed by atoms with van der Waals surface area (Å²) in [6, 6.07) is 0. The Hall–Kier alpha value is -0.600. The summed E-state index contributed by atoms with van der Waals surface area (Å²) in [5.41, 5.74) is 0. The number of hydrogen-bond acceptors (Lipinski definition) is 3. The first kappa shape index (κ1) is 11.4. The summed E-state index contributed by atoms with van der Waals surface area (Å²) < 4.78 is 16.2. The first-order chi connectivity index (χ1) is 5.48. The number of hydrogen-bond donors (Lipinski definition) is 1. The third kappa shape index (κ3) is 6.13. The van der Waals surface area contributed by atoms with Crippen molar-refractivity contribution in [1.29, 1.82) is 0 Å². The van der Waals surface area contributed by atoms with E-state index in [-0.39, 0.29) is 19.2 Å². The van der Waals surface area contributed by atoms with Crippen molar-refractivity contribution < 1.29 is 19.0 Å². The molecule has 0 amide bonds. The lowest BCUT2D eigenvalue weighted by atomic mass is 10.5. The second-order valence-corrected chi connectivity index (χ2v) is 5.20. The zero-order valence-corrected chi connectivity index (χ0v) is 7.92. The molecule has 0 spiro atoms. The van der Waals surface area contributed by atoms with Gasteiger partial charge in [0.25, 0.3) is 0 Å². The van der Waals surface area contributed by atoms with Gasteiger partial charge >= 0.3 is 5.97 Å². The molecular formula is C7H13O4P. The van der Waals surface area contributed by atoms with E-state index in [1.165, 1.54) is 12.7 Å². The molecule has 0 saturated heterocycles. The van der Waals surface area contributed by atoms with E-state index < -0.39 is 13.3 Å². The van der Waals surface area contributed by atoms with Gasteiger partial charge in [-0.15, -0.1) is 6.58 Å². The van der Waals surface area contributed by atoms with E-state index >= 15 is 0 Å². The highest BCUT2D eigenvalue weighted by atomic mass is 31.2. The molecule has 0 rings (SSSR count). The molecule has 12 heavy (non-hydrogen) atoms. The predicted molar refractivity (Wildman–Crippen MR) is 46.8 cm³/mol. The summed E-state index contributed by atoms with van der Waals surface area (Å²) in [7, 11) is -2.72. The van der Waals surface area contributed by atoms with Gasteiger partial charge in [0.15, 0.2) is 0 Å². The molecule has 0 fully saturated rings. The predicted octanol–water partition coefficient (Wildman–Crippen LogP) is 1.57. The van der Waals surface area contributed by atoms with Crippen LogP contribution in [0.15, 0.2) is 12.7 Å². The van der Waals surface area contributed by atoms with Gasteiger partial charge in [-0.1, -0.05) is 6.08 Å². The van der Waals surface area contributed by atoms with E-state index in [4.69, 9.17) is 9.63 Å². The maximum absolute atomic E-state index is 11.3. The Morgan fingerprint density at radius 2 is 2.33 bits per heavy atom. The highest BCUT2D eigenvalue weighted by molar-refractivity contribution is 7.58. The molecule has 0 heterocycles. The van der Waals surface area contributed by atoms with E-state index in [9.17, 15) is 9.36 Å². The lowest BCUT2D eigenvalue weighted by molar-refractivity contribution is -0.136. The lowest BCUT2D eigenvalue weighted by Gasteiger charge is -2.10. The van der Waals surface area contributed by atoms with Gasteiger partial charge < -0.3 is 9.63 Å². The maximum Gasteiger partial charge on any atom is 0.303 e. The second kappa shape index (κ2) is 5.12. The van der Waals surface area contributed by atoms with Crippen molar-refractivity contribution in [3.05, 3.63) is 12.7 Å². The molecule has 0 saturated carbocycles. The van der Waals surface area contributed by atoms with Crippen LogP contribution < -0.4 is 0 Å². The summed E-state index contributed by atoms with van der Waals surface area (Å²) in [4.78, 5) is 10.1. The van der Waals surface area contributed by atoms with Crippen LogP contribution in [0.2, 0.25) is 0 Å². The lowest BCUT2D eigenvalue weighted by Crippen LogP contribution is -2.01. The van der Waals surface area contributed by atoms with Crippen LogP contribution in [-0.2, 0) is 13.9 Å². The van der Waals surface area contributed by atoms with E-state index in [1.807, 2.05) is 0 Å². The average Bonchev–Trinajstić information content (AvgIpc) is 1.98. The molecule has 0 aromatic carbocycles. The molecule has 0 aliphatic carbocycles. The molecular weight excluding hydrogens is 179 g/mol. The Morgan fingerprint density at radius 3 is 2.75 bits per heavy atom. The first-order valence-corrected chi connectivity index (χ1v) is 5.77. The minimum absolute atomic E-state index is 0.0795. The Labute approximate surface area is 71.7 Å². The zero-order valence-electron chi connectivity index (χ0n) is 7.02. The number of aliphatic carboxylic acids is 1. The molecule has 1 unspecified atom stereocenters. The number of rotatable bonds is 6. The standard InChI is InChI=1S/C7H13O4P/c1-3-5-11-12(2,10)6-4-7(8)9/h3H,1,4-6H2,2H3,(H,8,9). The van der Waals surface area contributed by atoms with Crippen molar-refractivity contribution >= 4 is 13.3 Å². The summed E-state index contributed by atoms with van der Waals surface area (Å²) >= 11 is 0. The molecule has 70 valence electrons. The van der Waals surface area contributed by atoms with Gasteiger partial charge in [-0.3, -0.25) is 9.36 Å². The molecule has 0 aliphatic heterocycles. The molecule has 0 bridgehead atoms. The molecule has 0 radical (unpaired) electrons. The van der Waals surface area contributed by atoms with Crippen molar-refractivity contribution in [2.45, 2.75) is 6.42 Å². The van der Waals surface area contributed by atoms with Crippen molar-refractivity contribution in [3.63, 3.8) is 0 Å². The minimum atomic E-state index is -2.72. The average molecular weight is 192 g/mol. The summed E-state index contributed by atoms with van der Waals surface area (Å²) in [6.07, 6.45) is 1.44. The van der Waals surface area contributed by atoms with Gasteiger partial charge in [0.2, 0.25) is 7.37 Å². The fraction of sp³-hybridized carbons (Fsp3) is 0.571. The fourth-order valence-electron chi connectivity index (χ4n) is 0.574. The Balaban J connectivity index is 3.78. The van der Waals surface area contributed by atoms with Gasteiger partial charge in [0, 0.05) is 12.8 Å².